The third kappa shape index (κ3) is 2.86. The smallest absolute Gasteiger partial charge is 0.120 e. The van der Waals surface area contributed by atoms with E-state index in [0.717, 1.165) is 5.56 Å². The molecule has 2 nitrogen and oxygen atoms in total. The normalized spacial score (nSPS) is 18.3. The van der Waals surface area contributed by atoms with Gasteiger partial charge in [-0.05, 0) is 52.9 Å². The number of aryl methyl sites for hydroxylation is 1. The molecule has 2 N–H and O–H groups in total. The van der Waals surface area contributed by atoms with Gasteiger partial charge in [-0.2, -0.15) is 0 Å². The molecule has 0 saturated heterocycles. The molecule has 19 heavy (non-hydrogen) atoms. The van der Waals surface area contributed by atoms with Crippen LogP contribution in [0, 0.1) is 0 Å². The molecule has 1 aromatic heterocycles. The molecule has 4 heteroatoms. The number of nitrogens with one attached hydrogen (secondary N) is 1. The number of phenolic OH excluding ortho intramolecular Hbond substituents is 1. The Morgan fingerprint density at radius 2 is 2.21 bits per heavy atom. The van der Waals surface area contributed by atoms with E-state index in [2.05, 4.69) is 27.3 Å². The standard InChI is InChI=1S/C15H16BrNOS/c16-15-8-11-12(5-3-7-14(11)19-15)17-9-10-4-1-2-6-13(10)18/h1-2,4,6,8,12,17-18H,3,5,7,9H2. The summed E-state index contributed by atoms with van der Waals surface area (Å²) in [5.74, 6) is 0.373. The summed E-state index contributed by atoms with van der Waals surface area (Å²) >= 11 is 5.42. The summed E-state index contributed by atoms with van der Waals surface area (Å²) in [6, 6.07) is 10.2. The Balaban J connectivity index is 1.73. The SMILES string of the molecule is Oc1ccccc1CNC1CCCc2sc(Br)cc21. The van der Waals surface area contributed by atoms with Gasteiger partial charge in [0.25, 0.3) is 0 Å². The zero-order valence-electron chi connectivity index (χ0n) is 10.5. The van der Waals surface area contributed by atoms with E-state index < -0.39 is 0 Å². The van der Waals surface area contributed by atoms with Gasteiger partial charge in [0.2, 0.25) is 0 Å². The van der Waals surface area contributed by atoms with Gasteiger partial charge in [-0.3, -0.25) is 0 Å². The van der Waals surface area contributed by atoms with Crippen molar-refractivity contribution in [3.8, 4) is 5.75 Å². The first-order chi connectivity index (χ1) is 9.24. The molecule has 0 amide bonds. The molecule has 2 aromatic rings. The van der Waals surface area contributed by atoms with Crippen LogP contribution in [0.25, 0.3) is 0 Å². The fraction of sp³-hybridized carbons (Fsp3) is 0.333. The first-order valence-electron chi connectivity index (χ1n) is 6.52. The summed E-state index contributed by atoms with van der Waals surface area (Å²) in [4.78, 5) is 1.49. The number of fused-ring (bicyclic) bond motifs is 1. The Morgan fingerprint density at radius 1 is 1.37 bits per heavy atom. The van der Waals surface area contributed by atoms with E-state index in [-0.39, 0.29) is 0 Å². The lowest BCUT2D eigenvalue weighted by Gasteiger charge is -2.24. The predicted molar refractivity (Wildman–Crippen MR) is 82.6 cm³/mol. The Bertz CT molecular complexity index is 581. The zero-order valence-corrected chi connectivity index (χ0v) is 12.9. The quantitative estimate of drug-likeness (QED) is 0.870. The minimum absolute atomic E-state index is 0.373. The molecule has 0 bridgehead atoms. The maximum Gasteiger partial charge on any atom is 0.120 e. The van der Waals surface area contributed by atoms with Crippen LogP contribution < -0.4 is 5.32 Å². The van der Waals surface area contributed by atoms with Gasteiger partial charge in [-0.1, -0.05) is 18.2 Å². The molecular formula is C15H16BrNOS. The van der Waals surface area contributed by atoms with E-state index in [4.69, 9.17) is 0 Å². The second kappa shape index (κ2) is 5.65. The second-order valence-corrected chi connectivity index (χ2v) is 7.40. The summed E-state index contributed by atoms with van der Waals surface area (Å²) in [6.07, 6.45) is 3.60. The van der Waals surface area contributed by atoms with Gasteiger partial charge in [0.05, 0.1) is 3.79 Å². The van der Waals surface area contributed by atoms with Crippen molar-refractivity contribution in [3.63, 3.8) is 0 Å². The lowest BCUT2D eigenvalue weighted by Crippen LogP contribution is -2.23. The highest BCUT2D eigenvalue weighted by Gasteiger charge is 2.22. The fourth-order valence-electron chi connectivity index (χ4n) is 2.63. The number of rotatable bonds is 3. The molecule has 1 aromatic carbocycles. The number of aromatic hydroxyl groups is 1. The molecule has 0 fully saturated rings. The third-order valence-electron chi connectivity index (χ3n) is 3.61. The first-order valence-corrected chi connectivity index (χ1v) is 8.13. The zero-order chi connectivity index (χ0) is 13.2. The number of halogens is 1. The van der Waals surface area contributed by atoms with Crippen molar-refractivity contribution in [1.82, 2.24) is 5.32 Å². The van der Waals surface area contributed by atoms with Crippen molar-refractivity contribution in [2.45, 2.75) is 31.8 Å². The minimum Gasteiger partial charge on any atom is -0.508 e. The van der Waals surface area contributed by atoms with Crippen LogP contribution in [-0.2, 0) is 13.0 Å². The topological polar surface area (TPSA) is 32.3 Å². The highest BCUT2D eigenvalue weighted by atomic mass is 79.9. The predicted octanol–water partition coefficient (Wildman–Crippen LogP) is 4.38. The van der Waals surface area contributed by atoms with Crippen LogP contribution in [0.2, 0.25) is 0 Å². The molecule has 1 atom stereocenters. The second-order valence-electron chi connectivity index (χ2n) is 4.88. The van der Waals surface area contributed by atoms with Crippen LogP contribution in [0.15, 0.2) is 34.1 Å². The van der Waals surface area contributed by atoms with Crippen molar-refractivity contribution in [3.05, 3.63) is 50.1 Å². The third-order valence-corrected chi connectivity index (χ3v) is 5.33. The van der Waals surface area contributed by atoms with E-state index in [1.807, 2.05) is 29.5 Å². The average molecular weight is 338 g/mol. The maximum atomic E-state index is 9.79. The number of para-hydroxylation sites is 1. The fourth-order valence-corrected chi connectivity index (χ4v) is 4.45. The van der Waals surface area contributed by atoms with E-state index >= 15 is 0 Å². The lowest BCUT2D eigenvalue weighted by molar-refractivity contribution is 0.440. The average Bonchev–Trinajstić information content (AvgIpc) is 2.78. The Labute approximate surface area is 125 Å². The van der Waals surface area contributed by atoms with Crippen LogP contribution in [0.5, 0.6) is 5.75 Å². The van der Waals surface area contributed by atoms with E-state index in [0.29, 0.717) is 18.3 Å². The summed E-state index contributed by atoms with van der Waals surface area (Å²) in [5, 5.41) is 13.4. The van der Waals surface area contributed by atoms with Gasteiger partial charge in [-0.15, -0.1) is 11.3 Å². The van der Waals surface area contributed by atoms with Gasteiger partial charge in [0, 0.05) is 23.0 Å². The number of benzene rings is 1. The van der Waals surface area contributed by atoms with Gasteiger partial charge < -0.3 is 10.4 Å². The van der Waals surface area contributed by atoms with Crippen molar-refractivity contribution in [2.24, 2.45) is 0 Å². The molecule has 1 aliphatic carbocycles. The van der Waals surface area contributed by atoms with Gasteiger partial charge in [-0.25, -0.2) is 0 Å². The Hall–Kier alpha value is -0.840. The highest BCUT2D eigenvalue weighted by molar-refractivity contribution is 9.11. The molecular weight excluding hydrogens is 322 g/mol. The molecule has 3 rings (SSSR count). The molecule has 0 radical (unpaired) electrons. The van der Waals surface area contributed by atoms with E-state index in [9.17, 15) is 5.11 Å². The lowest BCUT2D eigenvalue weighted by atomic mass is 9.94. The molecule has 0 aliphatic heterocycles. The first kappa shape index (κ1) is 13.2. The largest absolute Gasteiger partial charge is 0.508 e. The highest BCUT2D eigenvalue weighted by Crippen LogP contribution is 2.38. The number of thiophene rings is 1. The monoisotopic (exact) mass is 337 g/mol. The van der Waals surface area contributed by atoms with Crippen LogP contribution in [0.3, 0.4) is 0 Å². The van der Waals surface area contributed by atoms with Crippen molar-refractivity contribution >= 4 is 27.3 Å². The Morgan fingerprint density at radius 3 is 3.05 bits per heavy atom. The van der Waals surface area contributed by atoms with Crippen LogP contribution >= 0.6 is 27.3 Å². The number of phenols is 1. The number of hydrogen-bond acceptors (Lipinski definition) is 3. The van der Waals surface area contributed by atoms with Gasteiger partial charge >= 0.3 is 0 Å². The molecule has 100 valence electrons. The molecule has 1 heterocycles. The van der Waals surface area contributed by atoms with Gasteiger partial charge in [0.1, 0.15) is 5.75 Å². The van der Waals surface area contributed by atoms with Crippen molar-refractivity contribution in [2.75, 3.05) is 0 Å². The molecule has 0 spiro atoms. The van der Waals surface area contributed by atoms with Crippen molar-refractivity contribution in [1.29, 1.82) is 0 Å². The van der Waals surface area contributed by atoms with Crippen LogP contribution in [0.4, 0.5) is 0 Å². The van der Waals surface area contributed by atoms with Crippen molar-refractivity contribution < 1.29 is 5.11 Å². The van der Waals surface area contributed by atoms with Gasteiger partial charge in [0.15, 0.2) is 0 Å². The van der Waals surface area contributed by atoms with Crippen LogP contribution in [-0.4, -0.2) is 5.11 Å². The van der Waals surface area contributed by atoms with E-state index in [1.54, 1.807) is 6.07 Å². The summed E-state index contributed by atoms with van der Waals surface area (Å²) in [7, 11) is 0. The molecule has 1 aliphatic rings. The molecule has 1 unspecified atom stereocenters. The Kier molecular flexibility index (Phi) is 3.91. The van der Waals surface area contributed by atoms with E-state index in [1.165, 1.54) is 33.5 Å². The maximum absolute atomic E-state index is 9.79. The number of hydrogen-bond donors (Lipinski definition) is 2. The molecule has 0 saturated carbocycles. The minimum atomic E-state index is 0.373. The van der Waals surface area contributed by atoms with Crippen LogP contribution in [0.1, 0.15) is 34.9 Å². The summed E-state index contributed by atoms with van der Waals surface area (Å²) < 4.78 is 1.22. The summed E-state index contributed by atoms with van der Waals surface area (Å²) in [5.41, 5.74) is 2.39. The summed E-state index contributed by atoms with van der Waals surface area (Å²) in [6.45, 7) is 0.713.